The molecule has 1 aliphatic rings. The Bertz CT molecular complexity index is 369. The Balaban J connectivity index is 1.93. The van der Waals surface area contributed by atoms with Gasteiger partial charge in [0.2, 0.25) is 0 Å². The smallest absolute Gasteiger partial charge is 0.165 e. The van der Waals surface area contributed by atoms with E-state index in [0.717, 1.165) is 6.42 Å². The van der Waals surface area contributed by atoms with Crippen LogP contribution in [0.2, 0.25) is 0 Å². The highest BCUT2D eigenvalue weighted by molar-refractivity contribution is 5.24. The van der Waals surface area contributed by atoms with Crippen LogP contribution in [0, 0.1) is 5.82 Å². The van der Waals surface area contributed by atoms with E-state index < -0.39 is 6.10 Å². The summed E-state index contributed by atoms with van der Waals surface area (Å²) in [5.74, 6) is -0.169. The second kappa shape index (κ2) is 5.47. The fourth-order valence-corrected chi connectivity index (χ4v) is 1.85. The van der Waals surface area contributed by atoms with E-state index in [4.69, 9.17) is 9.47 Å². The van der Waals surface area contributed by atoms with E-state index >= 15 is 0 Å². The lowest BCUT2D eigenvalue weighted by Crippen LogP contribution is -2.55. The maximum absolute atomic E-state index is 13.4. The molecule has 1 aromatic rings. The Morgan fingerprint density at radius 3 is 2.82 bits per heavy atom. The van der Waals surface area contributed by atoms with Crippen LogP contribution in [0.1, 0.15) is 19.8 Å². The molecule has 3 unspecified atom stereocenters. The van der Waals surface area contributed by atoms with E-state index in [9.17, 15) is 9.50 Å². The molecule has 0 heterocycles. The van der Waals surface area contributed by atoms with Gasteiger partial charge in [-0.1, -0.05) is 19.1 Å². The first-order valence-corrected chi connectivity index (χ1v) is 5.93. The maximum atomic E-state index is 13.4. The van der Waals surface area contributed by atoms with Crippen LogP contribution in [-0.4, -0.2) is 30.0 Å². The molecule has 1 aliphatic carbocycles. The number of rotatable bonds is 5. The summed E-state index contributed by atoms with van der Waals surface area (Å²) >= 11 is 0. The highest BCUT2D eigenvalue weighted by atomic mass is 19.1. The van der Waals surface area contributed by atoms with Crippen LogP contribution in [0.5, 0.6) is 5.75 Å². The van der Waals surface area contributed by atoms with E-state index in [2.05, 4.69) is 0 Å². The molecule has 1 fully saturated rings. The van der Waals surface area contributed by atoms with Gasteiger partial charge in [-0.15, -0.1) is 0 Å². The van der Waals surface area contributed by atoms with Crippen molar-refractivity contribution < 1.29 is 19.0 Å². The van der Waals surface area contributed by atoms with Crippen LogP contribution in [0.25, 0.3) is 0 Å². The molecule has 3 atom stereocenters. The number of para-hydroxylation sites is 1. The van der Waals surface area contributed by atoms with Crippen molar-refractivity contribution in [3.8, 4) is 5.75 Å². The molecular weight excluding hydrogens is 223 g/mol. The summed E-state index contributed by atoms with van der Waals surface area (Å²) in [7, 11) is 0. The Morgan fingerprint density at radius 2 is 2.18 bits per heavy atom. The minimum absolute atomic E-state index is 0.217. The molecule has 1 aromatic carbocycles. The van der Waals surface area contributed by atoms with Crippen molar-refractivity contribution in [3.63, 3.8) is 0 Å². The zero-order valence-corrected chi connectivity index (χ0v) is 9.80. The lowest BCUT2D eigenvalue weighted by molar-refractivity contribution is -0.163. The zero-order chi connectivity index (χ0) is 12.3. The summed E-state index contributed by atoms with van der Waals surface area (Å²) in [6.45, 7) is 2.58. The molecule has 1 saturated carbocycles. The first-order chi connectivity index (χ1) is 8.22. The Morgan fingerprint density at radius 1 is 1.41 bits per heavy atom. The van der Waals surface area contributed by atoms with Crippen molar-refractivity contribution in [3.05, 3.63) is 30.1 Å². The number of benzene rings is 1. The predicted octanol–water partition coefficient (Wildman–Crippen LogP) is 2.13. The molecule has 2 rings (SSSR count). The second-order valence-electron chi connectivity index (χ2n) is 4.23. The highest BCUT2D eigenvalue weighted by Gasteiger charge is 2.43. The third-order valence-corrected chi connectivity index (χ3v) is 2.85. The van der Waals surface area contributed by atoms with Crippen molar-refractivity contribution in [2.45, 2.75) is 38.1 Å². The van der Waals surface area contributed by atoms with E-state index in [1.165, 1.54) is 6.07 Å². The van der Waals surface area contributed by atoms with Gasteiger partial charge in [-0.2, -0.15) is 0 Å². The summed E-state index contributed by atoms with van der Waals surface area (Å²) in [6.07, 6.45) is 0.277. The average molecular weight is 240 g/mol. The minimum atomic E-state index is -0.502. The van der Waals surface area contributed by atoms with Gasteiger partial charge in [-0.3, -0.25) is 0 Å². The summed E-state index contributed by atoms with van der Waals surface area (Å²) in [6, 6.07) is 6.27. The standard InChI is InChI=1S/C13H17FO3/c1-2-7-16-13-10(15)8-12(13)17-11-6-4-3-5-9(11)14/h3-6,10,12-13,15H,2,7-8H2,1H3. The molecule has 4 heteroatoms. The number of aliphatic hydroxyl groups is 1. The van der Waals surface area contributed by atoms with Crippen LogP contribution in [0.4, 0.5) is 4.39 Å². The molecule has 0 spiro atoms. The van der Waals surface area contributed by atoms with Gasteiger partial charge in [0.05, 0.1) is 6.10 Å². The molecule has 0 aliphatic heterocycles. The van der Waals surface area contributed by atoms with Gasteiger partial charge in [0.1, 0.15) is 12.2 Å². The molecule has 94 valence electrons. The second-order valence-corrected chi connectivity index (χ2v) is 4.23. The number of ether oxygens (including phenoxy) is 2. The van der Waals surface area contributed by atoms with Crippen LogP contribution in [0.3, 0.4) is 0 Å². The molecule has 3 nitrogen and oxygen atoms in total. The largest absolute Gasteiger partial charge is 0.484 e. The SMILES string of the molecule is CCCOC1C(O)CC1Oc1ccccc1F. The first kappa shape index (κ1) is 12.3. The van der Waals surface area contributed by atoms with E-state index in [1.54, 1.807) is 18.2 Å². The Hall–Kier alpha value is -1.13. The van der Waals surface area contributed by atoms with Crippen LogP contribution < -0.4 is 4.74 Å². The van der Waals surface area contributed by atoms with Gasteiger partial charge in [-0.25, -0.2) is 4.39 Å². The summed E-state index contributed by atoms with van der Waals surface area (Å²) < 4.78 is 24.3. The maximum Gasteiger partial charge on any atom is 0.165 e. The first-order valence-electron chi connectivity index (χ1n) is 5.93. The van der Waals surface area contributed by atoms with Gasteiger partial charge in [-0.05, 0) is 18.6 Å². The van der Waals surface area contributed by atoms with Gasteiger partial charge >= 0.3 is 0 Å². The molecule has 0 bridgehead atoms. The third kappa shape index (κ3) is 2.76. The molecule has 0 aromatic heterocycles. The van der Waals surface area contributed by atoms with Crippen molar-refractivity contribution in [1.29, 1.82) is 0 Å². The van der Waals surface area contributed by atoms with Gasteiger partial charge < -0.3 is 14.6 Å². The monoisotopic (exact) mass is 240 g/mol. The Kier molecular flexibility index (Phi) is 3.97. The van der Waals surface area contributed by atoms with E-state index in [0.29, 0.717) is 13.0 Å². The van der Waals surface area contributed by atoms with Crippen LogP contribution in [-0.2, 0) is 4.74 Å². The molecule has 17 heavy (non-hydrogen) atoms. The van der Waals surface area contributed by atoms with E-state index in [1.807, 2.05) is 6.92 Å². The normalized spacial score (nSPS) is 27.6. The van der Waals surface area contributed by atoms with Gasteiger partial charge in [0.15, 0.2) is 11.6 Å². The van der Waals surface area contributed by atoms with Crippen LogP contribution in [0.15, 0.2) is 24.3 Å². The molecular formula is C13H17FO3. The number of hydrogen-bond donors (Lipinski definition) is 1. The average Bonchev–Trinajstić information content (AvgIpc) is 2.31. The molecule has 0 radical (unpaired) electrons. The summed E-state index contributed by atoms with van der Waals surface area (Å²) in [4.78, 5) is 0. The number of halogens is 1. The lowest BCUT2D eigenvalue weighted by Gasteiger charge is -2.40. The van der Waals surface area contributed by atoms with Crippen LogP contribution >= 0.6 is 0 Å². The van der Waals surface area contributed by atoms with Crippen molar-refractivity contribution in [2.24, 2.45) is 0 Å². The molecule has 0 amide bonds. The third-order valence-electron chi connectivity index (χ3n) is 2.85. The van der Waals surface area contributed by atoms with Crippen molar-refractivity contribution in [2.75, 3.05) is 6.61 Å². The Labute approximate surface area is 100 Å². The highest BCUT2D eigenvalue weighted by Crippen LogP contribution is 2.30. The number of aliphatic hydroxyl groups excluding tert-OH is 1. The van der Waals surface area contributed by atoms with Gasteiger partial charge in [0, 0.05) is 13.0 Å². The fourth-order valence-electron chi connectivity index (χ4n) is 1.85. The quantitative estimate of drug-likeness (QED) is 0.857. The topological polar surface area (TPSA) is 38.7 Å². The van der Waals surface area contributed by atoms with E-state index in [-0.39, 0.29) is 23.8 Å². The van der Waals surface area contributed by atoms with Gasteiger partial charge in [0.25, 0.3) is 0 Å². The van der Waals surface area contributed by atoms with Crippen molar-refractivity contribution in [1.82, 2.24) is 0 Å². The minimum Gasteiger partial charge on any atom is -0.484 e. The molecule has 1 N–H and O–H groups in total. The predicted molar refractivity (Wildman–Crippen MR) is 61.5 cm³/mol. The summed E-state index contributed by atoms with van der Waals surface area (Å²) in [5, 5.41) is 9.55. The fraction of sp³-hybridized carbons (Fsp3) is 0.538. The molecule has 0 saturated heterocycles. The lowest BCUT2D eigenvalue weighted by atomic mass is 9.88. The van der Waals surface area contributed by atoms with Crippen molar-refractivity contribution >= 4 is 0 Å². The summed E-state index contributed by atoms with van der Waals surface area (Å²) in [5.41, 5.74) is 0. The zero-order valence-electron chi connectivity index (χ0n) is 9.80. The number of hydrogen-bond acceptors (Lipinski definition) is 3.